The molecule has 0 amide bonds. The Morgan fingerprint density at radius 2 is 1.92 bits per heavy atom. The van der Waals surface area contributed by atoms with Crippen LogP contribution in [0.15, 0.2) is 12.4 Å². The van der Waals surface area contributed by atoms with Crippen LogP contribution in [0.4, 0.5) is 0 Å². The standard InChI is InChI=1S/C10H16N2O/c1-4-9(13-5-2)10-11-6-8(3)7-12-10/h6-7,9H,4-5H2,1-3H3/t9-/m0/s1. The number of rotatable bonds is 4. The summed E-state index contributed by atoms with van der Waals surface area (Å²) < 4.78 is 5.49. The van der Waals surface area contributed by atoms with Gasteiger partial charge in [0.2, 0.25) is 0 Å². The molecule has 1 atom stereocenters. The SMILES string of the molecule is CCO[C@@H](CC)c1ncc(C)cn1. The Bertz CT molecular complexity index is 246. The van der Waals surface area contributed by atoms with Crippen molar-refractivity contribution in [2.24, 2.45) is 0 Å². The van der Waals surface area contributed by atoms with Crippen molar-refractivity contribution in [1.82, 2.24) is 9.97 Å². The molecule has 1 aromatic heterocycles. The lowest BCUT2D eigenvalue weighted by molar-refractivity contribution is 0.0534. The number of aromatic nitrogens is 2. The third kappa shape index (κ3) is 2.77. The van der Waals surface area contributed by atoms with E-state index in [1.165, 1.54) is 0 Å². The van der Waals surface area contributed by atoms with E-state index in [-0.39, 0.29) is 6.10 Å². The van der Waals surface area contributed by atoms with Gasteiger partial charge in [-0.1, -0.05) is 6.92 Å². The fraction of sp³-hybridized carbons (Fsp3) is 0.600. The van der Waals surface area contributed by atoms with Crippen molar-refractivity contribution in [2.75, 3.05) is 6.61 Å². The van der Waals surface area contributed by atoms with E-state index in [1.54, 1.807) is 0 Å². The summed E-state index contributed by atoms with van der Waals surface area (Å²) in [6.45, 7) is 6.74. The van der Waals surface area contributed by atoms with E-state index < -0.39 is 0 Å². The molecule has 72 valence electrons. The molecule has 0 radical (unpaired) electrons. The fourth-order valence-corrected chi connectivity index (χ4v) is 1.14. The second-order valence-electron chi connectivity index (χ2n) is 2.97. The van der Waals surface area contributed by atoms with E-state index in [4.69, 9.17) is 4.74 Å². The molecule has 0 N–H and O–H groups in total. The predicted octanol–water partition coefficient (Wildman–Crippen LogP) is 2.27. The Kier molecular flexibility index (Phi) is 3.83. The number of aryl methyl sites for hydroxylation is 1. The number of ether oxygens (including phenoxy) is 1. The molecule has 0 fully saturated rings. The van der Waals surface area contributed by atoms with Gasteiger partial charge in [-0.05, 0) is 25.8 Å². The molecule has 3 nitrogen and oxygen atoms in total. The highest BCUT2D eigenvalue weighted by molar-refractivity contribution is 5.03. The largest absolute Gasteiger partial charge is 0.371 e. The van der Waals surface area contributed by atoms with Crippen LogP contribution in [0.5, 0.6) is 0 Å². The van der Waals surface area contributed by atoms with Crippen molar-refractivity contribution in [3.8, 4) is 0 Å². The van der Waals surface area contributed by atoms with E-state index in [2.05, 4.69) is 16.9 Å². The zero-order chi connectivity index (χ0) is 9.68. The van der Waals surface area contributed by atoms with E-state index in [9.17, 15) is 0 Å². The first kappa shape index (κ1) is 10.1. The summed E-state index contributed by atoms with van der Waals surface area (Å²) in [4.78, 5) is 8.46. The Balaban J connectivity index is 2.73. The lowest BCUT2D eigenvalue weighted by atomic mass is 10.2. The third-order valence-corrected chi connectivity index (χ3v) is 1.83. The smallest absolute Gasteiger partial charge is 0.157 e. The first-order valence-electron chi connectivity index (χ1n) is 4.68. The van der Waals surface area contributed by atoms with Gasteiger partial charge in [-0.25, -0.2) is 9.97 Å². The van der Waals surface area contributed by atoms with E-state index in [0.29, 0.717) is 6.61 Å². The third-order valence-electron chi connectivity index (χ3n) is 1.83. The van der Waals surface area contributed by atoms with Crippen LogP contribution in [-0.4, -0.2) is 16.6 Å². The molecule has 13 heavy (non-hydrogen) atoms. The van der Waals surface area contributed by atoms with Gasteiger partial charge in [0.15, 0.2) is 5.82 Å². The van der Waals surface area contributed by atoms with Crippen molar-refractivity contribution >= 4 is 0 Å². The number of hydrogen-bond donors (Lipinski definition) is 0. The van der Waals surface area contributed by atoms with Gasteiger partial charge in [-0.15, -0.1) is 0 Å². The van der Waals surface area contributed by atoms with Crippen molar-refractivity contribution < 1.29 is 4.74 Å². The zero-order valence-electron chi connectivity index (χ0n) is 8.45. The molecule has 0 aromatic carbocycles. The topological polar surface area (TPSA) is 35.0 Å². The van der Waals surface area contributed by atoms with Crippen LogP contribution >= 0.6 is 0 Å². The predicted molar refractivity (Wildman–Crippen MR) is 51.4 cm³/mol. The molecule has 1 rings (SSSR count). The lowest BCUT2D eigenvalue weighted by Crippen LogP contribution is -2.07. The maximum Gasteiger partial charge on any atom is 0.157 e. The lowest BCUT2D eigenvalue weighted by Gasteiger charge is -2.12. The van der Waals surface area contributed by atoms with E-state index >= 15 is 0 Å². The van der Waals surface area contributed by atoms with E-state index in [1.807, 2.05) is 26.2 Å². The zero-order valence-corrected chi connectivity index (χ0v) is 8.45. The van der Waals surface area contributed by atoms with Crippen molar-refractivity contribution in [1.29, 1.82) is 0 Å². The molecule has 0 aliphatic heterocycles. The van der Waals surface area contributed by atoms with Crippen LogP contribution in [0.3, 0.4) is 0 Å². The summed E-state index contributed by atoms with van der Waals surface area (Å²) in [5, 5.41) is 0. The molecule has 0 aliphatic carbocycles. The van der Waals surface area contributed by atoms with E-state index in [0.717, 1.165) is 17.8 Å². The molecule has 0 spiro atoms. The summed E-state index contributed by atoms with van der Waals surface area (Å²) in [5.41, 5.74) is 1.08. The second kappa shape index (κ2) is 4.92. The van der Waals surface area contributed by atoms with Crippen LogP contribution < -0.4 is 0 Å². The van der Waals surface area contributed by atoms with Crippen LogP contribution in [0.2, 0.25) is 0 Å². The minimum absolute atomic E-state index is 0.0469. The minimum Gasteiger partial charge on any atom is -0.371 e. The van der Waals surface area contributed by atoms with Crippen LogP contribution in [-0.2, 0) is 4.74 Å². The summed E-state index contributed by atoms with van der Waals surface area (Å²) in [5.74, 6) is 0.787. The molecule has 0 unspecified atom stereocenters. The molecular formula is C10H16N2O. The van der Waals surface area contributed by atoms with Crippen LogP contribution in [0.1, 0.15) is 37.8 Å². The molecule has 0 aliphatic rings. The Labute approximate surface area is 79.2 Å². The number of hydrogen-bond acceptors (Lipinski definition) is 3. The highest BCUT2D eigenvalue weighted by Crippen LogP contribution is 2.15. The first-order chi connectivity index (χ1) is 6.27. The van der Waals surface area contributed by atoms with Crippen molar-refractivity contribution in [3.05, 3.63) is 23.8 Å². The highest BCUT2D eigenvalue weighted by Gasteiger charge is 2.10. The Morgan fingerprint density at radius 3 is 2.38 bits per heavy atom. The van der Waals surface area contributed by atoms with Crippen molar-refractivity contribution in [3.63, 3.8) is 0 Å². The average molecular weight is 180 g/mol. The van der Waals surface area contributed by atoms with Gasteiger partial charge in [0.05, 0.1) is 0 Å². The highest BCUT2D eigenvalue weighted by atomic mass is 16.5. The summed E-state index contributed by atoms with van der Waals surface area (Å²) in [6, 6.07) is 0. The Hall–Kier alpha value is -0.960. The van der Waals surface area contributed by atoms with Gasteiger partial charge < -0.3 is 4.74 Å². The Morgan fingerprint density at radius 1 is 1.31 bits per heavy atom. The minimum atomic E-state index is 0.0469. The molecule has 0 saturated heterocycles. The fourth-order valence-electron chi connectivity index (χ4n) is 1.14. The summed E-state index contributed by atoms with van der Waals surface area (Å²) >= 11 is 0. The molecular weight excluding hydrogens is 164 g/mol. The van der Waals surface area contributed by atoms with Gasteiger partial charge in [0.1, 0.15) is 6.10 Å². The van der Waals surface area contributed by atoms with Gasteiger partial charge in [0.25, 0.3) is 0 Å². The average Bonchev–Trinajstić information content (AvgIpc) is 2.16. The van der Waals surface area contributed by atoms with Crippen molar-refractivity contribution in [2.45, 2.75) is 33.3 Å². The molecule has 0 bridgehead atoms. The maximum absolute atomic E-state index is 5.49. The normalized spacial score (nSPS) is 12.8. The molecule has 1 aromatic rings. The molecule has 1 heterocycles. The number of nitrogens with zero attached hydrogens (tertiary/aromatic N) is 2. The maximum atomic E-state index is 5.49. The quantitative estimate of drug-likeness (QED) is 0.713. The van der Waals surface area contributed by atoms with Gasteiger partial charge >= 0.3 is 0 Å². The van der Waals surface area contributed by atoms with Crippen LogP contribution in [0, 0.1) is 6.92 Å². The molecule has 0 saturated carbocycles. The summed E-state index contributed by atoms with van der Waals surface area (Å²) in [6.07, 6.45) is 4.61. The first-order valence-corrected chi connectivity index (χ1v) is 4.68. The van der Waals surface area contributed by atoms with Gasteiger partial charge in [-0.3, -0.25) is 0 Å². The molecule has 3 heteroatoms. The van der Waals surface area contributed by atoms with Gasteiger partial charge in [0, 0.05) is 19.0 Å². The summed E-state index contributed by atoms with van der Waals surface area (Å²) in [7, 11) is 0. The van der Waals surface area contributed by atoms with Crippen LogP contribution in [0.25, 0.3) is 0 Å². The monoisotopic (exact) mass is 180 g/mol. The second-order valence-corrected chi connectivity index (χ2v) is 2.97. The van der Waals surface area contributed by atoms with Gasteiger partial charge in [-0.2, -0.15) is 0 Å².